The van der Waals surface area contributed by atoms with Crippen LogP contribution < -0.4 is 0 Å². The SMILES string of the molecule is C[C@@H](OC(=O)CCN1C(=O)[C@@H]2[C@H](C1=O)C1(Cl)c3ccccc3C2(Cl)c2ccccc21)C(=O)c1ccc(Cl)cc1. The molecule has 3 atom stereocenters. The fourth-order valence-corrected chi connectivity index (χ4v) is 7.53. The Kier molecular flexibility index (Phi) is 6.14. The van der Waals surface area contributed by atoms with Crippen molar-refractivity contribution >= 4 is 58.4 Å². The van der Waals surface area contributed by atoms with Gasteiger partial charge in [0, 0.05) is 17.1 Å². The number of likely N-dealkylation sites (tertiary alicyclic amines) is 1. The second kappa shape index (κ2) is 9.19. The number of halogens is 3. The number of amides is 2. The highest BCUT2D eigenvalue weighted by Crippen LogP contribution is 2.69. The Morgan fingerprint density at radius 3 is 1.69 bits per heavy atom. The second-order valence-corrected chi connectivity index (χ2v) is 11.7. The van der Waals surface area contributed by atoms with Gasteiger partial charge >= 0.3 is 5.97 Å². The van der Waals surface area contributed by atoms with Crippen LogP contribution in [0.4, 0.5) is 0 Å². The van der Waals surface area contributed by atoms with Crippen molar-refractivity contribution in [2.24, 2.45) is 11.8 Å². The number of hydrogen-bond donors (Lipinski definition) is 0. The first-order chi connectivity index (χ1) is 18.6. The van der Waals surface area contributed by atoms with Crippen LogP contribution in [-0.4, -0.2) is 41.1 Å². The molecule has 1 heterocycles. The van der Waals surface area contributed by atoms with Crippen molar-refractivity contribution < 1.29 is 23.9 Å². The second-order valence-electron chi connectivity index (χ2n) is 10.1. The van der Waals surface area contributed by atoms with Crippen LogP contribution >= 0.6 is 34.8 Å². The van der Waals surface area contributed by atoms with E-state index in [4.69, 9.17) is 39.5 Å². The molecule has 7 rings (SSSR count). The molecule has 1 aliphatic heterocycles. The summed E-state index contributed by atoms with van der Waals surface area (Å²) in [5.74, 6) is -3.93. The van der Waals surface area contributed by atoms with Crippen molar-refractivity contribution in [2.45, 2.75) is 29.2 Å². The fourth-order valence-electron chi connectivity index (χ4n) is 6.31. The van der Waals surface area contributed by atoms with E-state index in [0.29, 0.717) is 32.8 Å². The molecule has 0 unspecified atom stereocenters. The first kappa shape index (κ1) is 26.1. The number of hydrogen-bond acceptors (Lipinski definition) is 5. The number of ketones is 1. The molecule has 3 aromatic rings. The number of carbonyl (C=O) groups is 4. The number of alkyl halides is 2. The molecule has 2 bridgehead atoms. The van der Waals surface area contributed by atoms with Gasteiger partial charge < -0.3 is 4.74 Å². The third-order valence-corrected chi connectivity index (χ3v) is 9.56. The van der Waals surface area contributed by atoms with Gasteiger partial charge in [-0.05, 0) is 53.4 Å². The number of nitrogens with zero attached hydrogens (tertiary/aromatic N) is 1. The van der Waals surface area contributed by atoms with Crippen LogP contribution in [0.25, 0.3) is 0 Å². The molecule has 4 aliphatic rings. The highest BCUT2D eigenvalue weighted by atomic mass is 35.5. The monoisotopic (exact) mass is 581 g/mol. The van der Waals surface area contributed by atoms with Gasteiger partial charge in [0.05, 0.1) is 18.3 Å². The molecule has 3 aliphatic carbocycles. The maximum atomic E-state index is 13.8. The van der Waals surface area contributed by atoms with Gasteiger partial charge in [0.2, 0.25) is 17.6 Å². The topological polar surface area (TPSA) is 80.8 Å². The van der Waals surface area contributed by atoms with E-state index in [9.17, 15) is 19.2 Å². The van der Waals surface area contributed by atoms with Crippen molar-refractivity contribution in [1.82, 2.24) is 4.90 Å². The lowest BCUT2D eigenvalue weighted by molar-refractivity contribution is -0.148. The average molecular weight is 583 g/mol. The number of carbonyl (C=O) groups excluding carboxylic acids is 4. The van der Waals surface area contributed by atoms with E-state index in [1.165, 1.54) is 6.92 Å². The Balaban J connectivity index is 1.24. The molecule has 0 saturated carbocycles. The van der Waals surface area contributed by atoms with Crippen LogP contribution in [0.1, 0.15) is 46.0 Å². The number of imide groups is 1. The van der Waals surface area contributed by atoms with Crippen LogP contribution in [0.2, 0.25) is 5.02 Å². The summed E-state index contributed by atoms with van der Waals surface area (Å²) in [4.78, 5) is 51.4. The molecular formula is C30H22Cl3NO5. The molecule has 0 aromatic heterocycles. The van der Waals surface area contributed by atoms with E-state index in [-0.39, 0.29) is 18.7 Å². The molecule has 3 aromatic carbocycles. The van der Waals surface area contributed by atoms with E-state index < -0.39 is 45.5 Å². The molecule has 0 radical (unpaired) electrons. The Labute approximate surface area is 239 Å². The van der Waals surface area contributed by atoms with E-state index >= 15 is 0 Å². The minimum Gasteiger partial charge on any atom is -0.454 e. The molecule has 1 fully saturated rings. The minimum absolute atomic E-state index is 0.210. The van der Waals surface area contributed by atoms with Crippen LogP contribution in [0.3, 0.4) is 0 Å². The molecule has 9 heteroatoms. The van der Waals surface area contributed by atoms with Gasteiger partial charge in [-0.25, -0.2) is 0 Å². The molecule has 0 N–H and O–H groups in total. The van der Waals surface area contributed by atoms with Crippen LogP contribution in [0.15, 0.2) is 72.8 Å². The van der Waals surface area contributed by atoms with Gasteiger partial charge in [0.1, 0.15) is 9.75 Å². The summed E-state index contributed by atoms with van der Waals surface area (Å²) in [5, 5.41) is 0.480. The summed E-state index contributed by atoms with van der Waals surface area (Å²) in [6.45, 7) is 1.26. The summed E-state index contributed by atoms with van der Waals surface area (Å²) in [5.41, 5.74) is 3.18. The predicted octanol–water partition coefficient (Wildman–Crippen LogP) is 5.44. The Bertz CT molecular complexity index is 1430. The van der Waals surface area contributed by atoms with Crippen molar-refractivity contribution in [2.75, 3.05) is 6.54 Å². The highest BCUT2D eigenvalue weighted by molar-refractivity contribution is 6.36. The van der Waals surface area contributed by atoms with Crippen molar-refractivity contribution in [1.29, 1.82) is 0 Å². The summed E-state index contributed by atoms with van der Waals surface area (Å²) in [7, 11) is 0. The van der Waals surface area contributed by atoms with Gasteiger partial charge in [0.15, 0.2) is 6.10 Å². The summed E-state index contributed by atoms with van der Waals surface area (Å²) < 4.78 is 5.32. The van der Waals surface area contributed by atoms with Crippen molar-refractivity contribution in [3.8, 4) is 0 Å². The predicted molar refractivity (Wildman–Crippen MR) is 146 cm³/mol. The van der Waals surface area contributed by atoms with Crippen LogP contribution in [0, 0.1) is 11.8 Å². The Morgan fingerprint density at radius 2 is 1.26 bits per heavy atom. The van der Waals surface area contributed by atoms with Gasteiger partial charge in [-0.1, -0.05) is 60.1 Å². The van der Waals surface area contributed by atoms with Crippen LogP contribution in [0.5, 0.6) is 0 Å². The number of Topliss-reactive ketones (excluding diaryl/α,β-unsaturated/α-hetero) is 1. The van der Waals surface area contributed by atoms with Gasteiger partial charge in [-0.2, -0.15) is 0 Å². The maximum Gasteiger partial charge on any atom is 0.308 e. The molecule has 198 valence electrons. The van der Waals surface area contributed by atoms with Crippen molar-refractivity contribution in [3.63, 3.8) is 0 Å². The third-order valence-electron chi connectivity index (χ3n) is 8.02. The van der Waals surface area contributed by atoms with E-state index in [1.807, 2.05) is 48.5 Å². The standard InChI is InChI=1S/C30H22Cl3NO5/c1-16(26(36)17-10-12-18(31)13-11-17)39-23(35)14-15-34-27(37)24-25(28(34)38)30(33)20-7-3-2-6-19(20)29(24,32)21-8-4-5-9-22(21)30/h2-13,16,24-25H,14-15H2,1H3/t16-,24-,25+,29?,30?/m1/s1. The van der Waals surface area contributed by atoms with Gasteiger partial charge in [0.25, 0.3) is 0 Å². The highest BCUT2D eigenvalue weighted by Gasteiger charge is 2.72. The Hall–Kier alpha value is -3.19. The van der Waals surface area contributed by atoms with E-state index in [0.717, 1.165) is 4.90 Å². The average Bonchev–Trinajstić information content (AvgIpc) is 3.20. The summed E-state index contributed by atoms with van der Waals surface area (Å²) in [6, 6.07) is 21.0. The largest absolute Gasteiger partial charge is 0.454 e. The molecule has 2 amide bonds. The minimum atomic E-state index is -1.28. The Morgan fingerprint density at radius 1 is 0.821 bits per heavy atom. The lowest BCUT2D eigenvalue weighted by Crippen LogP contribution is -2.57. The van der Waals surface area contributed by atoms with E-state index in [2.05, 4.69) is 0 Å². The van der Waals surface area contributed by atoms with Gasteiger partial charge in [-0.15, -0.1) is 23.2 Å². The lowest BCUT2D eigenvalue weighted by atomic mass is 9.54. The molecule has 39 heavy (non-hydrogen) atoms. The number of benzene rings is 3. The van der Waals surface area contributed by atoms with E-state index in [1.54, 1.807) is 24.3 Å². The fraction of sp³-hybridized carbons (Fsp3) is 0.267. The van der Waals surface area contributed by atoms with Crippen LogP contribution in [-0.2, 0) is 28.9 Å². The zero-order chi connectivity index (χ0) is 27.7. The smallest absolute Gasteiger partial charge is 0.308 e. The van der Waals surface area contributed by atoms with Crippen molar-refractivity contribution in [3.05, 3.63) is 106 Å². The van der Waals surface area contributed by atoms with Gasteiger partial charge in [-0.3, -0.25) is 24.1 Å². The zero-order valence-electron chi connectivity index (χ0n) is 20.7. The number of rotatable bonds is 6. The molecule has 6 nitrogen and oxygen atoms in total. The number of esters is 1. The molecule has 0 spiro atoms. The molecular weight excluding hydrogens is 561 g/mol. The first-order valence-corrected chi connectivity index (χ1v) is 13.7. The maximum absolute atomic E-state index is 13.8. The zero-order valence-corrected chi connectivity index (χ0v) is 23.0. The number of ether oxygens (including phenoxy) is 1. The summed E-state index contributed by atoms with van der Waals surface area (Å²) in [6.07, 6.45) is -1.33. The normalized spacial score (nSPS) is 27.0. The first-order valence-electron chi connectivity index (χ1n) is 12.5. The quantitative estimate of drug-likeness (QED) is 0.167. The lowest BCUT2D eigenvalue weighted by Gasteiger charge is -2.54. The molecule has 1 saturated heterocycles. The summed E-state index contributed by atoms with van der Waals surface area (Å²) >= 11 is 20.6. The third kappa shape index (κ3) is 3.62.